The Bertz CT molecular complexity index is 69.1. The molecule has 9 heavy (non-hydrogen) atoms. The standard InChI is InChI=1S/2HNO3.Nd/c2*2-1(3)4;/h2*(H,2,3,4);. The van der Waals surface area contributed by atoms with Crippen molar-refractivity contribution in [1.29, 1.82) is 0 Å². The van der Waals surface area contributed by atoms with Gasteiger partial charge in [0.05, 0.1) is 0 Å². The van der Waals surface area contributed by atoms with Gasteiger partial charge in [0.25, 0.3) is 10.2 Å². The van der Waals surface area contributed by atoms with Crippen LogP contribution in [0.2, 0.25) is 0 Å². The largest absolute Gasteiger partial charge is 0.328 e. The molecule has 0 unspecified atom stereocenters. The molecule has 0 aromatic carbocycles. The predicted molar refractivity (Wildman–Crippen MR) is 17.6 cm³/mol. The summed E-state index contributed by atoms with van der Waals surface area (Å²) >= 11 is 0. The Morgan fingerprint density at radius 2 is 1.00 bits per heavy atom. The van der Waals surface area contributed by atoms with Gasteiger partial charge in [-0.2, -0.15) is 0 Å². The molecule has 0 saturated carbocycles. The summed E-state index contributed by atoms with van der Waals surface area (Å²) in [6, 6.07) is 0. The Balaban J connectivity index is -0.0000000720. The zero-order valence-electron chi connectivity index (χ0n) is 3.92. The van der Waals surface area contributed by atoms with Gasteiger partial charge in [-0.05, 0) is 0 Å². The maximum atomic E-state index is 8.36. The molecule has 0 radical (unpaired) electrons. The molecule has 0 bridgehead atoms. The molecule has 0 fully saturated rings. The van der Waals surface area contributed by atoms with E-state index >= 15 is 0 Å². The molecular weight excluding hydrogens is 268 g/mol. The van der Waals surface area contributed by atoms with Crippen LogP contribution in [0.25, 0.3) is 0 Å². The molecule has 0 amide bonds. The van der Waals surface area contributed by atoms with E-state index in [1.807, 2.05) is 0 Å². The monoisotopic (exact) mass is 268 g/mol. The molecule has 52 valence electrons. The fraction of sp³-hybridized carbons (Fsp3) is 0. The fourth-order valence-electron chi connectivity index (χ4n) is 0. The molecule has 0 saturated heterocycles. The summed E-state index contributed by atoms with van der Waals surface area (Å²) in [4.78, 5) is 16.7. The van der Waals surface area contributed by atoms with Crippen LogP contribution < -0.4 is 0 Å². The second kappa shape index (κ2) is 10.7. The van der Waals surface area contributed by atoms with Crippen molar-refractivity contribution in [3.05, 3.63) is 20.2 Å². The second-order valence-electron chi connectivity index (χ2n) is 0.476. The van der Waals surface area contributed by atoms with Gasteiger partial charge in [0.1, 0.15) is 0 Å². The van der Waals surface area contributed by atoms with E-state index in [9.17, 15) is 0 Å². The summed E-state index contributed by atoms with van der Waals surface area (Å²) in [5, 5.41) is 27.3. The average Bonchev–Trinajstić information content (AvgIpc) is 1.25. The molecule has 8 nitrogen and oxygen atoms in total. The summed E-state index contributed by atoms with van der Waals surface area (Å²) in [5.74, 6) is 0. The van der Waals surface area contributed by atoms with Crippen LogP contribution in [0, 0.1) is 61.1 Å². The number of hydrogen-bond donors (Lipinski definition) is 2. The number of rotatable bonds is 0. The Hall–Kier alpha value is -0.249. The molecule has 0 heterocycles. The van der Waals surface area contributed by atoms with Gasteiger partial charge in [-0.25, -0.2) is 0 Å². The molecular formula is H2N2NdO6. The van der Waals surface area contributed by atoms with E-state index in [-0.39, 0.29) is 40.8 Å². The van der Waals surface area contributed by atoms with E-state index in [0.29, 0.717) is 0 Å². The van der Waals surface area contributed by atoms with Crippen LogP contribution in [0.1, 0.15) is 0 Å². The quantitative estimate of drug-likeness (QED) is 0.443. The first kappa shape index (κ1) is 15.9. The molecule has 2 N–H and O–H groups in total. The van der Waals surface area contributed by atoms with Crippen LogP contribution in [-0.2, 0) is 0 Å². The van der Waals surface area contributed by atoms with Crippen molar-refractivity contribution < 1.29 is 61.4 Å². The van der Waals surface area contributed by atoms with Gasteiger partial charge in [-0.15, -0.1) is 20.2 Å². The third-order valence-corrected chi connectivity index (χ3v) is 0. The van der Waals surface area contributed by atoms with Gasteiger partial charge in [0.2, 0.25) is 0 Å². The van der Waals surface area contributed by atoms with Crippen LogP contribution in [0.3, 0.4) is 0 Å². The van der Waals surface area contributed by atoms with Crippen LogP contribution in [-0.4, -0.2) is 20.6 Å². The van der Waals surface area contributed by atoms with Crippen LogP contribution in [0.5, 0.6) is 0 Å². The van der Waals surface area contributed by atoms with Crippen molar-refractivity contribution in [1.82, 2.24) is 0 Å². The minimum absolute atomic E-state index is 0. The Labute approximate surface area is 81.2 Å². The van der Waals surface area contributed by atoms with Gasteiger partial charge in [-0.3, -0.25) is 0 Å². The van der Waals surface area contributed by atoms with Crippen molar-refractivity contribution in [3.8, 4) is 0 Å². The first-order chi connectivity index (χ1) is 3.46. The van der Waals surface area contributed by atoms with Crippen molar-refractivity contribution in [3.63, 3.8) is 0 Å². The maximum Gasteiger partial charge on any atom is 0.291 e. The zero-order chi connectivity index (χ0) is 7.15. The first-order valence-electron chi connectivity index (χ1n) is 1.13. The summed E-state index contributed by atoms with van der Waals surface area (Å²) in [5.41, 5.74) is 0. The van der Waals surface area contributed by atoms with E-state index in [2.05, 4.69) is 0 Å². The SMILES string of the molecule is O=[N+]([O-])O.O=[N+]([O-])O.[Nd]. The molecule has 0 aliphatic rings. The van der Waals surface area contributed by atoms with Crippen molar-refractivity contribution in [2.24, 2.45) is 0 Å². The van der Waals surface area contributed by atoms with Crippen molar-refractivity contribution in [2.75, 3.05) is 0 Å². The first-order valence-corrected chi connectivity index (χ1v) is 1.13. The molecule has 0 atom stereocenters. The zero-order valence-corrected chi connectivity index (χ0v) is 7.13. The van der Waals surface area contributed by atoms with E-state index in [0.717, 1.165) is 0 Å². The van der Waals surface area contributed by atoms with Crippen LogP contribution in [0.4, 0.5) is 0 Å². The molecule has 0 aliphatic carbocycles. The van der Waals surface area contributed by atoms with Gasteiger partial charge >= 0.3 is 0 Å². The summed E-state index contributed by atoms with van der Waals surface area (Å²) in [7, 11) is 0. The Kier molecular flexibility index (Phi) is 18.9. The number of hydrogen-bond acceptors (Lipinski definition) is 4. The van der Waals surface area contributed by atoms with E-state index in [1.165, 1.54) is 0 Å². The normalized spacial score (nSPS) is 5.33. The average molecular weight is 270 g/mol. The van der Waals surface area contributed by atoms with E-state index in [1.54, 1.807) is 0 Å². The molecule has 9 heteroatoms. The van der Waals surface area contributed by atoms with E-state index in [4.69, 9.17) is 30.6 Å². The smallest absolute Gasteiger partial charge is 0.291 e. The molecule has 0 spiro atoms. The molecule has 0 aromatic heterocycles. The van der Waals surface area contributed by atoms with E-state index < -0.39 is 10.2 Å². The van der Waals surface area contributed by atoms with Crippen molar-refractivity contribution in [2.45, 2.75) is 0 Å². The van der Waals surface area contributed by atoms with Gasteiger partial charge in [-0.1, -0.05) is 0 Å². The molecule has 0 aliphatic heterocycles. The van der Waals surface area contributed by atoms with Gasteiger partial charge < -0.3 is 10.4 Å². The van der Waals surface area contributed by atoms with Gasteiger partial charge in [0, 0.05) is 40.8 Å². The fourth-order valence-corrected chi connectivity index (χ4v) is 0. The van der Waals surface area contributed by atoms with Gasteiger partial charge in [0.15, 0.2) is 0 Å². The van der Waals surface area contributed by atoms with Crippen molar-refractivity contribution >= 4 is 0 Å². The third-order valence-electron chi connectivity index (χ3n) is 0. The molecule has 0 aromatic rings. The summed E-state index contributed by atoms with van der Waals surface area (Å²) in [6.07, 6.45) is 0. The summed E-state index contributed by atoms with van der Waals surface area (Å²) in [6.45, 7) is 0. The Morgan fingerprint density at radius 1 is 1.00 bits per heavy atom. The number of nitrogens with zero attached hydrogens (tertiary/aromatic N) is 2. The maximum absolute atomic E-state index is 8.36. The molecule has 0 rings (SSSR count). The topological polar surface area (TPSA) is 127 Å². The predicted octanol–water partition coefficient (Wildman–Crippen LogP) is -0.695. The third kappa shape index (κ3) is 4120. The summed E-state index contributed by atoms with van der Waals surface area (Å²) < 4.78 is 0. The Morgan fingerprint density at radius 3 is 1.00 bits per heavy atom. The van der Waals surface area contributed by atoms with Crippen LogP contribution in [0.15, 0.2) is 0 Å². The minimum atomic E-state index is -1.50. The minimum Gasteiger partial charge on any atom is -0.328 e. The van der Waals surface area contributed by atoms with Crippen LogP contribution >= 0.6 is 0 Å². The second-order valence-corrected chi connectivity index (χ2v) is 0.476.